The standard InChI is InChI=1S/C13H18Cl2N2O3S/c1-8(2)7-21(19,20)4-3-12(18)17-13-10(14)5-9(16)6-11(13)15/h5-6,8H,3-4,7,16H2,1-2H3,(H,17,18). The van der Waals surface area contributed by atoms with E-state index in [1.54, 1.807) is 0 Å². The summed E-state index contributed by atoms with van der Waals surface area (Å²) in [5.41, 5.74) is 6.17. The van der Waals surface area contributed by atoms with E-state index in [9.17, 15) is 13.2 Å². The lowest BCUT2D eigenvalue weighted by Crippen LogP contribution is -2.21. The average molecular weight is 353 g/mol. The Labute approximate surface area is 134 Å². The van der Waals surface area contributed by atoms with Crippen molar-refractivity contribution in [2.75, 3.05) is 22.6 Å². The number of rotatable bonds is 6. The van der Waals surface area contributed by atoms with Crippen molar-refractivity contribution in [2.45, 2.75) is 20.3 Å². The van der Waals surface area contributed by atoms with E-state index >= 15 is 0 Å². The Morgan fingerprint density at radius 2 is 1.81 bits per heavy atom. The predicted octanol–water partition coefficient (Wildman–Crippen LogP) is 2.98. The van der Waals surface area contributed by atoms with Crippen LogP contribution in [0.2, 0.25) is 10.0 Å². The van der Waals surface area contributed by atoms with Gasteiger partial charge in [0.05, 0.1) is 27.2 Å². The minimum absolute atomic E-state index is 0.0269. The highest BCUT2D eigenvalue weighted by molar-refractivity contribution is 7.91. The first-order valence-electron chi connectivity index (χ1n) is 6.35. The molecule has 0 radical (unpaired) electrons. The molecule has 1 amide bonds. The third-order valence-corrected chi connectivity index (χ3v) is 5.15. The lowest BCUT2D eigenvalue weighted by atomic mass is 10.2. The predicted molar refractivity (Wildman–Crippen MR) is 87.6 cm³/mol. The number of carbonyl (C=O) groups excluding carboxylic acids is 1. The first-order valence-corrected chi connectivity index (χ1v) is 8.93. The topological polar surface area (TPSA) is 89.3 Å². The van der Waals surface area contributed by atoms with Crippen LogP contribution in [0, 0.1) is 5.92 Å². The van der Waals surface area contributed by atoms with Gasteiger partial charge in [-0.05, 0) is 18.1 Å². The van der Waals surface area contributed by atoms with Crippen LogP contribution in [0.25, 0.3) is 0 Å². The van der Waals surface area contributed by atoms with Gasteiger partial charge >= 0.3 is 0 Å². The van der Waals surface area contributed by atoms with Gasteiger partial charge in [-0.15, -0.1) is 0 Å². The van der Waals surface area contributed by atoms with Gasteiger partial charge in [0.1, 0.15) is 0 Å². The van der Waals surface area contributed by atoms with Gasteiger partial charge in [-0.25, -0.2) is 8.42 Å². The highest BCUT2D eigenvalue weighted by atomic mass is 35.5. The number of halogens is 2. The molecule has 1 aromatic rings. The molecular formula is C13H18Cl2N2O3S. The smallest absolute Gasteiger partial charge is 0.225 e. The molecule has 0 saturated heterocycles. The molecule has 0 aromatic heterocycles. The summed E-state index contributed by atoms with van der Waals surface area (Å²) >= 11 is 11.9. The van der Waals surface area contributed by atoms with Crippen molar-refractivity contribution in [3.05, 3.63) is 22.2 Å². The maximum atomic E-state index is 11.8. The summed E-state index contributed by atoms with van der Waals surface area (Å²) in [6, 6.07) is 2.91. The molecule has 0 atom stereocenters. The SMILES string of the molecule is CC(C)CS(=O)(=O)CCC(=O)Nc1c(Cl)cc(N)cc1Cl. The lowest BCUT2D eigenvalue weighted by Gasteiger charge is -2.11. The molecule has 0 saturated carbocycles. The zero-order valence-corrected chi connectivity index (χ0v) is 14.1. The number of hydrogen-bond acceptors (Lipinski definition) is 4. The molecule has 21 heavy (non-hydrogen) atoms. The Bertz CT molecular complexity index is 607. The number of amides is 1. The number of nitrogens with two attached hydrogens (primary N) is 1. The molecule has 8 heteroatoms. The molecule has 0 aliphatic rings. The molecule has 0 aliphatic heterocycles. The molecule has 5 nitrogen and oxygen atoms in total. The van der Waals surface area contributed by atoms with Crippen molar-refractivity contribution in [3.63, 3.8) is 0 Å². The molecule has 0 spiro atoms. The fraction of sp³-hybridized carbons (Fsp3) is 0.462. The highest BCUT2D eigenvalue weighted by Gasteiger charge is 2.17. The molecular weight excluding hydrogens is 335 g/mol. The summed E-state index contributed by atoms with van der Waals surface area (Å²) in [5, 5.41) is 2.92. The second-order valence-corrected chi connectivity index (χ2v) is 8.21. The van der Waals surface area contributed by atoms with E-state index in [2.05, 4.69) is 5.32 Å². The number of anilines is 2. The zero-order chi connectivity index (χ0) is 16.2. The van der Waals surface area contributed by atoms with Gasteiger partial charge < -0.3 is 11.1 Å². The van der Waals surface area contributed by atoms with Crippen molar-refractivity contribution in [2.24, 2.45) is 5.92 Å². The second kappa shape index (κ2) is 7.33. The first-order chi connectivity index (χ1) is 9.60. The molecule has 3 N–H and O–H groups in total. The third-order valence-electron chi connectivity index (χ3n) is 2.56. The van der Waals surface area contributed by atoms with Crippen LogP contribution < -0.4 is 11.1 Å². The normalized spacial score (nSPS) is 11.7. The van der Waals surface area contributed by atoms with Crippen LogP contribution in [0.3, 0.4) is 0 Å². The van der Waals surface area contributed by atoms with Crippen LogP contribution in [0.15, 0.2) is 12.1 Å². The van der Waals surface area contributed by atoms with Crippen LogP contribution in [0.4, 0.5) is 11.4 Å². The van der Waals surface area contributed by atoms with E-state index in [1.807, 2.05) is 13.8 Å². The van der Waals surface area contributed by atoms with Gasteiger partial charge in [-0.2, -0.15) is 0 Å². The number of benzene rings is 1. The Balaban J connectivity index is 2.67. The van der Waals surface area contributed by atoms with E-state index < -0.39 is 15.7 Å². The quantitative estimate of drug-likeness (QED) is 0.770. The largest absolute Gasteiger partial charge is 0.399 e. The fourth-order valence-corrected chi connectivity index (χ4v) is 4.03. The summed E-state index contributed by atoms with van der Waals surface area (Å²) in [6.45, 7) is 3.62. The molecule has 0 bridgehead atoms. The van der Waals surface area contributed by atoms with E-state index in [0.717, 1.165) is 0 Å². The van der Waals surface area contributed by atoms with Gasteiger partial charge in [0.25, 0.3) is 0 Å². The van der Waals surface area contributed by atoms with E-state index in [4.69, 9.17) is 28.9 Å². The summed E-state index contributed by atoms with van der Waals surface area (Å²) < 4.78 is 23.5. The van der Waals surface area contributed by atoms with Crippen molar-refractivity contribution in [3.8, 4) is 0 Å². The van der Waals surface area contributed by atoms with Crippen LogP contribution in [0.1, 0.15) is 20.3 Å². The number of nitrogen functional groups attached to an aromatic ring is 1. The lowest BCUT2D eigenvalue weighted by molar-refractivity contribution is -0.115. The fourth-order valence-electron chi connectivity index (χ4n) is 1.75. The van der Waals surface area contributed by atoms with Crippen molar-refractivity contribution in [1.29, 1.82) is 0 Å². The van der Waals surface area contributed by atoms with Gasteiger partial charge in [0.2, 0.25) is 5.91 Å². The van der Waals surface area contributed by atoms with Crippen LogP contribution in [-0.4, -0.2) is 25.8 Å². The molecule has 0 aliphatic carbocycles. The second-order valence-electron chi connectivity index (χ2n) is 5.17. The zero-order valence-electron chi connectivity index (χ0n) is 11.8. The van der Waals surface area contributed by atoms with Gasteiger partial charge in [-0.3, -0.25) is 4.79 Å². The van der Waals surface area contributed by atoms with Crippen molar-refractivity contribution >= 4 is 50.3 Å². The number of nitrogens with one attached hydrogen (secondary N) is 1. The molecule has 0 heterocycles. The maximum Gasteiger partial charge on any atom is 0.225 e. The van der Waals surface area contributed by atoms with Crippen molar-refractivity contribution < 1.29 is 13.2 Å². The van der Waals surface area contributed by atoms with Crippen molar-refractivity contribution in [1.82, 2.24) is 0 Å². The maximum absolute atomic E-state index is 11.8. The Kier molecular flexibility index (Phi) is 6.31. The Morgan fingerprint density at radius 3 is 2.29 bits per heavy atom. The summed E-state index contributed by atoms with van der Waals surface area (Å²) in [6.07, 6.45) is -0.147. The molecule has 1 aromatic carbocycles. The first kappa shape index (κ1) is 18.1. The number of sulfone groups is 1. The number of carbonyl (C=O) groups is 1. The van der Waals surface area contributed by atoms with E-state index in [-0.39, 0.29) is 39.6 Å². The average Bonchev–Trinajstić information content (AvgIpc) is 2.29. The highest BCUT2D eigenvalue weighted by Crippen LogP contribution is 2.32. The van der Waals surface area contributed by atoms with Crippen LogP contribution in [0.5, 0.6) is 0 Å². The van der Waals surface area contributed by atoms with Gasteiger partial charge in [-0.1, -0.05) is 37.0 Å². The molecule has 1 rings (SSSR count). The van der Waals surface area contributed by atoms with Crippen LogP contribution in [-0.2, 0) is 14.6 Å². The monoisotopic (exact) mass is 352 g/mol. The van der Waals surface area contributed by atoms with Gasteiger partial charge in [0.15, 0.2) is 9.84 Å². The summed E-state index contributed by atoms with van der Waals surface area (Å²) in [5.74, 6) is -0.583. The molecule has 0 fully saturated rings. The van der Waals surface area contributed by atoms with E-state index in [1.165, 1.54) is 12.1 Å². The minimum Gasteiger partial charge on any atom is -0.399 e. The van der Waals surface area contributed by atoms with E-state index in [0.29, 0.717) is 5.69 Å². The Morgan fingerprint density at radius 1 is 1.29 bits per heavy atom. The van der Waals surface area contributed by atoms with Crippen LogP contribution >= 0.6 is 23.2 Å². The summed E-state index contributed by atoms with van der Waals surface area (Å²) in [4.78, 5) is 11.8. The molecule has 0 unspecified atom stereocenters. The summed E-state index contributed by atoms with van der Waals surface area (Å²) in [7, 11) is -3.24. The number of hydrogen-bond donors (Lipinski definition) is 2. The minimum atomic E-state index is -3.24. The third kappa shape index (κ3) is 6.11. The molecule has 118 valence electrons. The Hall–Kier alpha value is -0.980. The van der Waals surface area contributed by atoms with Gasteiger partial charge in [0, 0.05) is 12.1 Å².